The molecule has 26 heavy (non-hydrogen) atoms. The fourth-order valence-electron chi connectivity index (χ4n) is 2.12. The molecule has 3 aromatic rings. The minimum atomic E-state index is -0.769. The molecule has 0 saturated heterocycles. The molecule has 0 amide bonds. The topological polar surface area (TPSA) is 107 Å². The van der Waals surface area contributed by atoms with Crippen molar-refractivity contribution in [3.05, 3.63) is 77.3 Å². The number of aromatic nitrogens is 3. The molecule has 0 aliphatic heterocycles. The fraction of sp³-hybridized carbons (Fsp3) is 0.111. The van der Waals surface area contributed by atoms with Crippen LogP contribution in [-0.4, -0.2) is 20.9 Å². The molecule has 0 aliphatic carbocycles. The molecule has 3 rings (SSSR count). The van der Waals surface area contributed by atoms with Crippen LogP contribution < -0.4 is 11.2 Å². The van der Waals surface area contributed by atoms with Crippen LogP contribution >= 0.6 is 11.8 Å². The predicted molar refractivity (Wildman–Crippen MR) is 98.3 cm³/mol. The Kier molecular flexibility index (Phi) is 5.65. The van der Waals surface area contributed by atoms with Crippen molar-refractivity contribution in [3.8, 4) is 0 Å². The number of hydrogen-bond donors (Lipinski definition) is 2. The summed E-state index contributed by atoms with van der Waals surface area (Å²) in [7, 11) is 0. The van der Waals surface area contributed by atoms with E-state index in [1.165, 1.54) is 11.8 Å². The van der Waals surface area contributed by atoms with E-state index in [0.29, 0.717) is 10.9 Å². The summed E-state index contributed by atoms with van der Waals surface area (Å²) in [4.78, 5) is 16.3. The number of ether oxygens (including phenoxy) is 1. The van der Waals surface area contributed by atoms with Gasteiger partial charge in [0.1, 0.15) is 6.61 Å². The molecule has 8 heteroatoms. The molecule has 7 nitrogen and oxygen atoms in total. The van der Waals surface area contributed by atoms with E-state index in [1.807, 2.05) is 60.7 Å². The molecule has 0 saturated carbocycles. The normalized spacial score (nSPS) is 10.5. The largest absolute Gasteiger partial charge is 0.443 e. The fourth-order valence-corrected chi connectivity index (χ4v) is 2.91. The quantitative estimate of drug-likeness (QED) is 0.672. The summed E-state index contributed by atoms with van der Waals surface area (Å²) >= 11 is 1.33. The third-order valence-corrected chi connectivity index (χ3v) is 4.35. The van der Waals surface area contributed by atoms with E-state index in [9.17, 15) is 4.79 Å². The summed E-state index contributed by atoms with van der Waals surface area (Å²) in [5.74, 6) is 0.545. The van der Waals surface area contributed by atoms with E-state index in [4.69, 9.17) is 15.9 Å². The second kappa shape index (κ2) is 8.30. The first-order chi connectivity index (χ1) is 12.6. The second-order valence-electron chi connectivity index (χ2n) is 5.35. The van der Waals surface area contributed by atoms with Gasteiger partial charge in [-0.15, -0.1) is 9.78 Å². The van der Waals surface area contributed by atoms with Crippen molar-refractivity contribution in [1.82, 2.24) is 14.8 Å². The average Bonchev–Trinajstić information content (AvgIpc) is 2.68. The van der Waals surface area contributed by atoms with Crippen LogP contribution in [0.15, 0.2) is 65.8 Å². The number of hydrogen-bond acceptors (Lipinski definition) is 7. The summed E-state index contributed by atoms with van der Waals surface area (Å²) in [5.41, 5.74) is 7.39. The number of nitrogen functional groups attached to an aromatic ring is 1. The van der Waals surface area contributed by atoms with E-state index in [-0.39, 0.29) is 17.9 Å². The van der Waals surface area contributed by atoms with Crippen LogP contribution in [0.4, 0.5) is 10.6 Å². The molecule has 0 unspecified atom stereocenters. The Hall–Kier alpha value is -3.13. The highest BCUT2D eigenvalue weighted by molar-refractivity contribution is 7.98. The molecule has 3 N–H and O–H groups in total. The number of benzene rings is 2. The Bertz CT molecular complexity index is 945. The smallest absolute Gasteiger partial charge is 0.437 e. The molecule has 0 fully saturated rings. The molecule has 0 bridgehead atoms. The van der Waals surface area contributed by atoms with Crippen LogP contribution in [0.1, 0.15) is 11.1 Å². The summed E-state index contributed by atoms with van der Waals surface area (Å²) < 4.78 is 6.05. The van der Waals surface area contributed by atoms with Crippen molar-refractivity contribution in [2.24, 2.45) is 0 Å². The lowest BCUT2D eigenvalue weighted by atomic mass is 10.2. The van der Waals surface area contributed by atoms with Crippen molar-refractivity contribution >= 4 is 23.7 Å². The molecule has 0 spiro atoms. The Labute approximate surface area is 154 Å². The number of rotatable bonds is 5. The molecule has 0 atom stereocenters. The number of thioether (sulfide) groups is 1. The summed E-state index contributed by atoms with van der Waals surface area (Å²) in [6.45, 7) is 0.0858. The van der Waals surface area contributed by atoms with Gasteiger partial charge in [-0.25, -0.2) is 9.78 Å². The van der Waals surface area contributed by atoms with Crippen LogP contribution in [0.5, 0.6) is 0 Å². The zero-order chi connectivity index (χ0) is 18.4. The monoisotopic (exact) mass is 367 g/mol. The Balaban J connectivity index is 1.72. The van der Waals surface area contributed by atoms with Crippen molar-refractivity contribution in [2.45, 2.75) is 17.5 Å². The van der Waals surface area contributed by atoms with Crippen molar-refractivity contribution in [3.63, 3.8) is 0 Å². The van der Waals surface area contributed by atoms with Gasteiger partial charge in [-0.1, -0.05) is 72.4 Å². The van der Waals surface area contributed by atoms with E-state index in [2.05, 4.69) is 10.1 Å². The average molecular weight is 367 g/mol. The highest BCUT2D eigenvalue weighted by atomic mass is 32.2. The molecule has 1 heterocycles. The molecule has 2 aromatic carbocycles. The number of anilines is 1. The Morgan fingerprint density at radius 1 is 1.08 bits per heavy atom. The first-order valence-corrected chi connectivity index (χ1v) is 8.81. The summed E-state index contributed by atoms with van der Waals surface area (Å²) in [6, 6.07) is 19.1. The highest BCUT2D eigenvalue weighted by Crippen LogP contribution is 2.18. The minimum Gasteiger partial charge on any atom is -0.443 e. The van der Waals surface area contributed by atoms with Gasteiger partial charge in [-0.2, -0.15) is 0 Å². The molecule has 0 aliphatic rings. The first-order valence-electron chi connectivity index (χ1n) is 7.82. The zero-order valence-electron chi connectivity index (χ0n) is 13.8. The van der Waals surface area contributed by atoms with Crippen molar-refractivity contribution in [1.29, 1.82) is 5.41 Å². The number of nitrogens with zero attached hydrogens (tertiary/aromatic N) is 3. The van der Waals surface area contributed by atoms with Crippen LogP contribution in [0, 0.1) is 5.41 Å². The molecule has 132 valence electrons. The Morgan fingerprint density at radius 2 is 1.69 bits per heavy atom. The van der Waals surface area contributed by atoms with Gasteiger partial charge in [0.2, 0.25) is 5.16 Å². The van der Waals surface area contributed by atoms with E-state index in [1.54, 1.807) is 0 Å². The molecular weight excluding hydrogens is 350 g/mol. The van der Waals surface area contributed by atoms with Gasteiger partial charge < -0.3 is 10.5 Å². The summed E-state index contributed by atoms with van der Waals surface area (Å²) in [6.07, 6.45) is -0.769. The van der Waals surface area contributed by atoms with Gasteiger partial charge in [0, 0.05) is 5.75 Å². The van der Waals surface area contributed by atoms with Crippen LogP contribution in [0.3, 0.4) is 0 Å². The van der Waals surface area contributed by atoms with Crippen LogP contribution in [0.2, 0.25) is 0 Å². The molecular formula is C18H17N5O2S. The predicted octanol–water partition coefficient (Wildman–Crippen LogP) is 2.82. The van der Waals surface area contributed by atoms with Gasteiger partial charge in [0.05, 0.1) is 0 Å². The van der Waals surface area contributed by atoms with Gasteiger partial charge in [0.15, 0.2) is 11.3 Å². The van der Waals surface area contributed by atoms with Gasteiger partial charge >= 0.3 is 6.09 Å². The summed E-state index contributed by atoms with van der Waals surface area (Å²) in [5, 5.41) is 12.3. The van der Waals surface area contributed by atoms with Gasteiger partial charge in [-0.3, -0.25) is 5.41 Å². The minimum absolute atomic E-state index is 0.0766. The lowest BCUT2D eigenvalue weighted by Crippen LogP contribution is -2.33. The lowest BCUT2D eigenvalue weighted by molar-refractivity contribution is 0.135. The van der Waals surface area contributed by atoms with Crippen LogP contribution in [-0.2, 0) is 17.1 Å². The number of nitrogens with one attached hydrogen (secondary N) is 1. The zero-order valence-corrected chi connectivity index (χ0v) is 14.6. The van der Waals surface area contributed by atoms with Gasteiger partial charge in [0.25, 0.3) is 0 Å². The second-order valence-corrected chi connectivity index (χ2v) is 6.30. The van der Waals surface area contributed by atoms with Crippen LogP contribution in [0.25, 0.3) is 0 Å². The highest BCUT2D eigenvalue weighted by Gasteiger charge is 2.14. The third-order valence-electron chi connectivity index (χ3n) is 3.44. The van der Waals surface area contributed by atoms with E-state index >= 15 is 0 Å². The molecule has 1 aromatic heterocycles. The number of carbonyl (C=O) groups is 1. The SMILES string of the molecule is N=c1c(N)nc(SCc2ccccc2)nn1C(=O)OCc1ccccc1. The Morgan fingerprint density at radius 3 is 2.35 bits per heavy atom. The third kappa shape index (κ3) is 4.48. The molecule has 0 radical (unpaired) electrons. The first kappa shape index (κ1) is 17.7. The van der Waals surface area contributed by atoms with Crippen molar-refractivity contribution < 1.29 is 9.53 Å². The lowest BCUT2D eigenvalue weighted by Gasteiger charge is -2.09. The maximum atomic E-state index is 12.3. The number of carbonyl (C=O) groups excluding carboxylic acids is 1. The van der Waals surface area contributed by atoms with E-state index in [0.717, 1.165) is 15.8 Å². The van der Waals surface area contributed by atoms with Crippen molar-refractivity contribution in [2.75, 3.05) is 5.73 Å². The van der Waals surface area contributed by atoms with Gasteiger partial charge in [-0.05, 0) is 11.1 Å². The number of nitrogens with two attached hydrogens (primary N) is 1. The standard InChI is InChI=1S/C18H17N5O2S/c19-15-16(20)23(18(24)25-11-13-7-3-1-4-8-13)22-17(21-15)26-12-14-9-5-2-6-10-14/h1-10,20H,11-12H2,(H2,19,21,22). The van der Waals surface area contributed by atoms with E-state index < -0.39 is 6.09 Å². The maximum Gasteiger partial charge on any atom is 0.437 e. The maximum absolute atomic E-state index is 12.3.